The Balaban J connectivity index is 1.67. The Morgan fingerprint density at radius 2 is 1.60 bits per heavy atom. The molecule has 0 aromatic heterocycles. The SMILES string of the molecule is CCCOc1ccc(C(=O)NCC(c2ccc(C(C)C)cc2)N2CCCCC2)cc1. The molecule has 0 saturated carbocycles. The number of nitrogens with zero attached hydrogens (tertiary/aromatic N) is 1. The van der Waals surface area contributed by atoms with E-state index in [2.05, 4.69) is 55.3 Å². The van der Waals surface area contributed by atoms with E-state index >= 15 is 0 Å². The van der Waals surface area contributed by atoms with E-state index in [9.17, 15) is 4.79 Å². The summed E-state index contributed by atoms with van der Waals surface area (Å²) >= 11 is 0. The van der Waals surface area contributed by atoms with Gasteiger partial charge in [0.25, 0.3) is 5.91 Å². The van der Waals surface area contributed by atoms with Crippen molar-refractivity contribution in [1.29, 1.82) is 0 Å². The van der Waals surface area contributed by atoms with Crippen LogP contribution >= 0.6 is 0 Å². The van der Waals surface area contributed by atoms with Gasteiger partial charge in [-0.15, -0.1) is 0 Å². The van der Waals surface area contributed by atoms with Crippen LogP contribution in [0.5, 0.6) is 5.75 Å². The molecule has 4 heteroatoms. The van der Waals surface area contributed by atoms with E-state index in [1.807, 2.05) is 24.3 Å². The molecule has 1 aliphatic rings. The molecule has 0 radical (unpaired) electrons. The van der Waals surface area contributed by atoms with Crippen molar-refractivity contribution in [1.82, 2.24) is 10.2 Å². The zero-order chi connectivity index (χ0) is 21.3. The molecule has 1 atom stereocenters. The van der Waals surface area contributed by atoms with Gasteiger partial charge in [-0.3, -0.25) is 9.69 Å². The van der Waals surface area contributed by atoms with E-state index in [4.69, 9.17) is 4.74 Å². The Labute approximate surface area is 181 Å². The summed E-state index contributed by atoms with van der Waals surface area (Å²) in [6.07, 6.45) is 4.73. The minimum atomic E-state index is -0.0298. The van der Waals surface area contributed by atoms with Crippen LogP contribution in [0.3, 0.4) is 0 Å². The molecule has 3 rings (SSSR count). The Morgan fingerprint density at radius 1 is 0.967 bits per heavy atom. The van der Waals surface area contributed by atoms with Crippen molar-refractivity contribution in [3.63, 3.8) is 0 Å². The second kappa shape index (κ2) is 11.2. The van der Waals surface area contributed by atoms with Crippen LogP contribution in [-0.2, 0) is 0 Å². The number of carbonyl (C=O) groups is 1. The first-order valence-corrected chi connectivity index (χ1v) is 11.4. The zero-order valence-electron chi connectivity index (χ0n) is 18.7. The minimum absolute atomic E-state index is 0.0298. The van der Waals surface area contributed by atoms with Gasteiger partial charge < -0.3 is 10.1 Å². The average Bonchev–Trinajstić information content (AvgIpc) is 2.79. The molecule has 0 spiro atoms. The van der Waals surface area contributed by atoms with Crippen LogP contribution < -0.4 is 10.1 Å². The average molecular weight is 409 g/mol. The van der Waals surface area contributed by atoms with E-state index in [1.54, 1.807) is 0 Å². The third kappa shape index (κ3) is 6.09. The topological polar surface area (TPSA) is 41.6 Å². The van der Waals surface area contributed by atoms with E-state index in [-0.39, 0.29) is 11.9 Å². The summed E-state index contributed by atoms with van der Waals surface area (Å²) < 4.78 is 5.61. The van der Waals surface area contributed by atoms with Crippen LogP contribution in [0.2, 0.25) is 0 Å². The van der Waals surface area contributed by atoms with Gasteiger partial charge in [0.1, 0.15) is 5.75 Å². The standard InChI is InChI=1S/C26H36N2O2/c1-4-18-30-24-14-12-23(13-15-24)26(29)27-19-25(28-16-6-5-7-17-28)22-10-8-21(9-11-22)20(2)3/h8-15,20,25H,4-7,16-19H2,1-3H3,(H,27,29). The summed E-state index contributed by atoms with van der Waals surface area (Å²) in [5, 5.41) is 3.17. The molecule has 30 heavy (non-hydrogen) atoms. The van der Waals surface area contributed by atoms with Gasteiger partial charge in [-0.1, -0.05) is 51.5 Å². The number of amides is 1. The third-order valence-corrected chi connectivity index (χ3v) is 5.86. The van der Waals surface area contributed by atoms with Crippen LogP contribution in [0.1, 0.15) is 79.9 Å². The molecule has 2 aromatic carbocycles. The van der Waals surface area contributed by atoms with E-state index in [1.165, 1.54) is 30.4 Å². The molecule has 1 N–H and O–H groups in total. The number of hydrogen-bond donors (Lipinski definition) is 1. The first-order chi connectivity index (χ1) is 14.6. The quantitative estimate of drug-likeness (QED) is 0.591. The number of hydrogen-bond acceptors (Lipinski definition) is 3. The molecule has 1 amide bonds. The van der Waals surface area contributed by atoms with Crippen LogP contribution in [-0.4, -0.2) is 37.0 Å². The summed E-state index contributed by atoms with van der Waals surface area (Å²) in [7, 11) is 0. The Kier molecular flexibility index (Phi) is 8.32. The van der Waals surface area contributed by atoms with Crippen molar-refractivity contribution in [2.45, 2.75) is 58.4 Å². The summed E-state index contributed by atoms with van der Waals surface area (Å²) in [6.45, 7) is 10.0. The van der Waals surface area contributed by atoms with Crippen molar-refractivity contribution in [3.8, 4) is 5.75 Å². The lowest BCUT2D eigenvalue weighted by Gasteiger charge is -2.35. The molecule has 0 aliphatic carbocycles. The zero-order valence-corrected chi connectivity index (χ0v) is 18.7. The highest BCUT2D eigenvalue weighted by Crippen LogP contribution is 2.26. The fraction of sp³-hybridized carbons (Fsp3) is 0.500. The van der Waals surface area contributed by atoms with Gasteiger partial charge in [0.2, 0.25) is 0 Å². The summed E-state index contributed by atoms with van der Waals surface area (Å²) in [4.78, 5) is 15.3. The molecule has 162 valence electrons. The van der Waals surface area contributed by atoms with Gasteiger partial charge in [-0.25, -0.2) is 0 Å². The Hall–Kier alpha value is -2.33. The van der Waals surface area contributed by atoms with Crippen LogP contribution in [0, 0.1) is 0 Å². The smallest absolute Gasteiger partial charge is 0.251 e. The molecule has 1 unspecified atom stereocenters. The highest BCUT2D eigenvalue weighted by atomic mass is 16.5. The molecule has 2 aromatic rings. The Morgan fingerprint density at radius 3 is 2.20 bits per heavy atom. The van der Waals surface area contributed by atoms with Gasteiger partial charge in [-0.05, 0) is 73.7 Å². The highest BCUT2D eigenvalue weighted by molar-refractivity contribution is 5.94. The third-order valence-electron chi connectivity index (χ3n) is 5.86. The van der Waals surface area contributed by atoms with Crippen molar-refractivity contribution in [2.24, 2.45) is 0 Å². The molecule has 1 fully saturated rings. The second-order valence-corrected chi connectivity index (χ2v) is 8.52. The maximum atomic E-state index is 12.8. The number of carbonyl (C=O) groups excluding carboxylic acids is 1. The van der Waals surface area contributed by atoms with Crippen molar-refractivity contribution >= 4 is 5.91 Å². The van der Waals surface area contributed by atoms with Crippen LogP contribution in [0.25, 0.3) is 0 Å². The second-order valence-electron chi connectivity index (χ2n) is 8.52. The number of ether oxygens (including phenoxy) is 1. The normalized spacial score (nSPS) is 15.7. The molecule has 1 aliphatic heterocycles. The molecular weight excluding hydrogens is 372 g/mol. The number of piperidine rings is 1. The first-order valence-electron chi connectivity index (χ1n) is 11.4. The number of nitrogens with one attached hydrogen (secondary N) is 1. The predicted octanol–water partition coefficient (Wildman–Crippen LogP) is 5.56. The largest absolute Gasteiger partial charge is 0.494 e. The first kappa shape index (κ1) is 22.4. The van der Waals surface area contributed by atoms with Crippen LogP contribution in [0.15, 0.2) is 48.5 Å². The minimum Gasteiger partial charge on any atom is -0.494 e. The van der Waals surface area contributed by atoms with Crippen molar-refractivity contribution < 1.29 is 9.53 Å². The lowest BCUT2D eigenvalue weighted by atomic mass is 9.97. The summed E-state index contributed by atoms with van der Waals surface area (Å²) in [6, 6.07) is 16.6. The van der Waals surface area contributed by atoms with Gasteiger partial charge >= 0.3 is 0 Å². The van der Waals surface area contributed by atoms with Gasteiger partial charge in [0.15, 0.2) is 0 Å². The molecule has 1 heterocycles. The Bertz CT molecular complexity index is 778. The van der Waals surface area contributed by atoms with Gasteiger partial charge in [0, 0.05) is 12.1 Å². The lowest BCUT2D eigenvalue weighted by Crippen LogP contribution is -2.40. The van der Waals surface area contributed by atoms with Gasteiger partial charge in [0.05, 0.1) is 12.6 Å². The fourth-order valence-corrected chi connectivity index (χ4v) is 4.00. The maximum absolute atomic E-state index is 12.8. The van der Waals surface area contributed by atoms with E-state index < -0.39 is 0 Å². The molecular formula is C26H36N2O2. The monoisotopic (exact) mass is 408 g/mol. The van der Waals surface area contributed by atoms with Gasteiger partial charge in [-0.2, -0.15) is 0 Å². The van der Waals surface area contributed by atoms with E-state index in [0.717, 1.165) is 25.3 Å². The molecule has 1 saturated heterocycles. The predicted molar refractivity (Wildman–Crippen MR) is 123 cm³/mol. The van der Waals surface area contributed by atoms with Crippen molar-refractivity contribution in [2.75, 3.05) is 26.2 Å². The lowest BCUT2D eigenvalue weighted by molar-refractivity contribution is 0.0924. The van der Waals surface area contributed by atoms with Crippen LogP contribution in [0.4, 0.5) is 0 Å². The molecule has 0 bridgehead atoms. The number of rotatable bonds is 9. The maximum Gasteiger partial charge on any atom is 0.251 e. The van der Waals surface area contributed by atoms with E-state index in [0.29, 0.717) is 24.6 Å². The fourth-order valence-electron chi connectivity index (χ4n) is 4.00. The number of benzene rings is 2. The number of likely N-dealkylation sites (tertiary alicyclic amines) is 1. The molecule has 4 nitrogen and oxygen atoms in total. The summed E-state index contributed by atoms with van der Waals surface area (Å²) in [5.41, 5.74) is 3.31. The highest BCUT2D eigenvalue weighted by Gasteiger charge is 2.23. The summed E-state index contributed by atoms with van der Waals surface area (Å²) in [5.74, 6) is 1.30. The van der Waals surface area contributed by atoms with Crippen molar-refractivity contribution in [3.05, 3.63) is 65.2 Å².